The Bertz CT molecular complexity index is 432. The molecule has 0 aromatic carbocycles. The SMILES string of the molecule is C#CCCC(CCC)CC(C=C)NC(=C)C(C)C(C#C)C=C. The van der Waals surface area contributed by atoms with Crippen molar-refractivity contribution in [1.82, 2.24) is 5.32 Å². The Balaban J connectivity index is 4.66. The van der Waals surface area contributed by atoms with Gasteiger partial charge in [0.05, 0.1) is 0 Å². The Morgan fingerprint density at radius 2 is 1.91 bits per heavy atom. The molecule has 4 atom stereocenters. The molecule has 1 nitrogen and oxygen atoms in total. The summed E-state index contributed by atoms with van der Waals surface area (Å²) in [6.07, 6.45) is 20.0. The molecule has 4 unspecified atom stereocenters. The molecule has 1 heteroatoms. The molecule has 22 heavy (non-hydrogen) atoms. The van der Waals surface area contributed by atoms with Gasteiger partial charge in [-0.3, -0.25) is 0 Å². The fourth-order valence-corrected chi connectivity index (χ4v) is 2.65. The van der Waals surface area contributed by atoms with Gasteiger partial charge in [0.1, 0.15) is 0 Å². The van der Waals surface area contributed by atoms with E-state index >= 15 is 0 Å². The summed E-state index contributed by atoms with van der Waals surface area (Å²) in [4.78, 5) is 0. The summed E-state index contributed by atoms with van der Waals surface area (Å²) in [5, 5.41) is 3.47. The largest absolute Gasteiger partial charge is 0.382 e. The van der Waals surface area contributed by atoms with Gasteiger partial charge in [0.15, 0.2) is 0 Å². The summed E-state index contributed by atoms with van der Waals surface area (Å²) in [5.74, 6) is 6.25. The second-order valence-electron chi connectivity index (χ2n) is 5.86. The molecule has 0 fully saturated rings. The zero-order chi connectivity index (χ0) is 17.0. The van der Waals surface area contributed by atoms with Crippen LogP contribution in [-0.2, 0) is 0 Å². The molecule has 0 heterocycles. The Morgan fingerprint density at radius 1 is 1.23 bits per heavy atom. The fraction of sp³-hybridized carbons (Fsp3) is 0.524. The molecular weight excluding hydrogens is 266 g/mol. The number of allylic oxidation sites excluding steroid dienone is 2. The highest BCUT2D eigenvalue weighted by atomic mass is 14.9. The molecule has 0 radical (unpaired) electrons. The molecule has 0 aliphatic heterocycles. The number of terminal acetylenes is 2. The Labute approximate surface area is 138 Å². The van der Waals surface area contributed by atoms with E-state index in [-0.39, 0.29) is 17.9 Å². The maximum absolute atomic E-state index is 5.53. The highest BCUT2D eigenvalue weighted by Crippen LogP contribution is 2.23. The first kappa shape index (κ1) is 20.1. The van der Waals surface area contributed by atoms with E-state index in [1.807, 2.05) is 6.08 Å². The van der Waals surface area contributed by atoms with E-state index in [0.717, 1.165) is 25.0 Å². The summed E-state index contributed by atoms with van der Waals surface area (Å²) in [7, 11) is 0. The lowest BCUT2D eigenvalue weighted by molar-refractivity contribution is 0.379. The van der Waals surface area contributed by atoms with E-state index < -0.39 is 0 Å². The minimum Gasteiger partial charge on any atom is -0.382 e. The Morgan fingerprint density at radius 3 is 2.36 bits per heavy atom. The third kappa shape index (κ3) is 7.24. The van der Waals surface area contributed by atoms with Gasteiger partial charge in [-0.25, -0.2) is 0 Å². The number of nitrogens with one attached hydrogen (secondary N) is 1. The monoisotopic (exact) mass is 297 g/mol. The van der Waals surface area contributed by atoms with Crippen molar-refractivity contribution in [3.05, 3.63) is 37.6 Å². The summed E-state index contributed by atoms with van der Waals surface area (Å²) in [6, 6.07) is 0.201. The van der Waals surface area contributed by atoms with Crippen molar-refractivity contribution in [3.63, 3.8) is 0 Å². The standard InChI is InChI=1S/C21H31N/c1-8-13-15-19(14-9-2)16-21(12-5)22-18(7)17(6)20(10-3)11-4/h1,3,11-12,17,19-22H,4-5,7,9,13-16H2,2,6H3. The average molecular weight is 297 g/mol. The highest BCUT2D eigenvalue weighted by Gasteiger charge is 2.19. The first-order chi connectivity index (χ1) is 10.5. The average Bonchev–Trinajstić information content (AvgIpc) is 2.52. The first-order valence-corrected chi connectivity index (χ1v) is 8.13. The predicted octanol–water partition coefficient (Wildman–Crippen LogP) is 4.94. The first-order valence-electron chi connectivity index (χ1n) is 8.13. The van der Waals surface area contributed by atoms with Gasteiger partial charge < -0.3 is 5.32 Å². The van der Waals surface area contributed by atoms with Crippen LogP contribution >= 0.6 is 0 Å². The van der Waals surface area contributed by atoms with Crippen molar-refractivity contribution < 1.29 is 0 Å². The lowest BCUT2D eigenvalue weighted by Gasteiger charge is -2.27. The van der Waals surface area contributed by atoms with Crippen LogP contribution in [-0.4, -0.2) is 6.04 Å². The lowest BCUT2D eigenvalue weighted by atomic mass is 9.89. The smallest absolute Gasteiger partial charge is 0.0457 e. The minimum absolute atomic E-state index is 0.00153. The van der Waals surface area contributed by atoms with Crippen LogP contribution in [0.15, 0.2) is 37.6 Å². The van der Waals surface area contributed by atoms with Gasteiger partial charge >= 0.3 is 0 Å². The number of hydrogen-bond acceptors (Lipinski definition) is 1. The Kier molecular flexibility index (Phi) is 10.8. The quantitative estimate of drug-likeness (QED) is 0.397. The zero-order valence-corrected chi connectivity index (χ0v) is 14.3. The minimum atomic E-state index is -0.00153. The van der Waals surface area contributed by atoms with Crippen molar-refractivity contribution >= 4 is 0 Å². The predicted molar refractivity (Wildman–Crippen MR) is 99.0 cm³/mol. The van der Waals surface area contributed by atoms with Crippen molar-refractivity contribution in [3.8, 4) is 24.7 Å². The molecule has 120 valence electrons. The van der Waals surface area contributed by atoms with Crippen LogP contribution in [0.3, 0.4) is 0 Å². The summed E-state index contributed by atoms with van der Waals surface area (Å²) in [5.41, 5.74) is 0.944. The van der Waals surface area contributed by atoms with Gasteiger partial charge in [-0.15, -0.1) is 31.9 Å². The molecule has 0 aliphatic carbocycles. The van der Waals surface area contributed by atoms with Crippen molar-refractivity contribution in [1.29, 1.82) is 0 Å². The molecule has 0 aromatic heterocycles. The molecule has 0 rings (SSSR count). The molecule has 0 spiro atoms. The van der Waals surface area contributed by atoms with Gasteiger partial charge in [-0.2, -0.15) is 0 Å². The van der Waals surface area contributed by atoms with Crippen LogP contribution in [0, 0.1) is 42.4 Å². The summed E-state index contributed by atoms with van der Waals surface area (Å²) < 4.78 is 0. The molecular formula is C21H31N. The van der Waals surface area contributed by atoms with Crippen LogP contribution in [0.4, 0.5) is 0 Å². The molecule has 0 aliphatic rings. The van der Waals surface area contributed by atoms with Crippen LogP contribution < -0.4 is 5.32 Å². The van der Waals surface area contributed by atoms with Gasteiger partial charge in [0, 0.05) is 30.0 Å². The maximum Gasteiger partial charge on any atom is 0.0457 e. The number of rotatable bonds is 12. The van der Waals surface area contributed by atoms with E-state index in [4.69, 9.17) is 12.8 Å². The number of hydrogen-bond donors (Lipinski definition) is 1. The van der Waals surface area contributed by atoms with E-state index in [0.29, 0.717) is 5.92 Å². The second-order valence-corrected chi connectivity index (χ2v) is 5.86. The summed E-state index contributed by atoms with van der Waals surface area (Å²) in [6.45, 7) is 16.2. The Hall–Kier alpha value is -1.86. The lowest BCUT2D eigenvalue weighted by Crippen LogP contribution is -2.32. The van der Waals surface area contributed by atoms with Crippen LogP contribution in [0.25, 0.3) is 0 Å². The van der Waals surface area contributed by atoms with Gasteiger partial charge in [0.25, 0.3) is 0 Å². The topological polar surface area (TPSA) is 12.0 Å². The third-order valence-electron chi connectivity index (χ3n) is 4.17. The van der Waals surface area contributed by atoms with Gasteiger partial charge in [-0.1, -0.05) is 51.3 Å². The van der Waals surface area contributed by atoms with E-state index in [9.17, 15) is 0 Å². The van der Waals surface area contributed by atoms with Crippen molar-refractivity contribution in [2.75, 3.05) is 0 Å². The molecule has 1 N–H and O–H groups in total. The van der Waals surface area contributed by atoms with Crippen LogP contribution in [0.1, 0.15) is 46.0 Å². The molecule has 0 bridgehead atoms. The van der Waals surface area contributed by atoms with Crippen molar-refractivity contribution in [2.45, 2.75) is 52.0 Å². The molecule has 0 saturated carbocycles. The normalized spacial score (nSPS) is 15.5. The molecule has 0 saturated heterocycles. The second kappa shape index (κ2) is 11.8. The van der Waals surface area contributed by atoms with Crippen LogP contribution in [0.5, 0.6) is 0 Å². The van der Waals surface area contributed by atoms with Crippen LogP contribution in [0.2, 0.25) is 0 Å². The molecule has 0 aromatic rings. The van der Waals surface area contributed by atoms with E-state index in [2.05, 4.69) is 50.7 Å². The van der Waals surface area contributed by atoms with Crippen molar-refractivity contribution in [2.24, 2.45) is 17.8 Å². The zero-order valence-electron chi connectivity index (χ0n) is 14.3. The third-order valence-corrected chi connectivity index (χ3v) is 4.17. The van der Waals surface area contributed by atoms with Gasteiger partial charge in [0.2, 0.25) is 0 Å². The molecule has 0 amide bonds. The highest BCUT2D eigenvalue weighted by molar-refractivity contribution is 5.14. The maximum atomic E-state index is 5.53. The summed E-state index contributed by atoms with van der Waals surface area (Å²) >= 11 is 0. The van der Waals surface area contributed by atoms with Gasteiger partial charge in [-0.05, 0) is 18.8 Å². The van der Waals surface area contributed by atoms with E-state index in [1.54, 1.807) is 6.08 Å². The van der Waals surface area contributed by atoms with E-state index in [1.165, 1.54) is 12.8 Å². The fourth-order valence-electron chi connectivity index (χ4n) is 2.65.